The number of fused-ring (bicyclic) bond motifs is 1. The Kier molecular flexibility index (Phi) is 7.77. The van der Waals surface area contributed by atoms with E-state index in [9.17, 15) is 4.79 Å². The summed E-state index contributed by atoms with van der Waals surface area (Å²) in [5.41, 5.74) is 3.67. The van der Waals surface area contributed by atoms with Gasteiger partial charge in [0.2, 0.25) is 0 Å². The Bertz CT molecular complexity index is 1110. The van der Waals surface area contributed by atoms with Gasteiger partial charge in [0.25, 0.3) is 0 Å². The average Bonchev–Trinajstić information content (AvgIpc) is 3.29. The molecule has 0 atom stereocenters. The lowest BCUT2D eigenvalue weighted by Crippen LogP contribution is -2.12. The second-order valence-corrected chi connectivity index (χ2v) is 7.84. The summed E-state index contributed by atoms with van der Waals surface area (Å²) in [4.78, 5) is 11.4. The molecular weight excluding hydrogens is 414 g/mol. The van der Waals surface area contributed by atoms with Gasteiger partial charge in [0.1, 0.15) is 5.75 Å². The second-order valence-electron chi connectivity index (χ2n) is 7.84. The third-order valence-electron chi connectivity index (χ3n) is 5.78. The van der Waals surface area contributed by atoms with Gasteiger partial charge in [-0.25, -0.2) is 4.79 Å². The fourth-order valence-corrected chi connectivity index (χ4v) is 4.07. The Morgan fingerprint density at radius 1 is 0.848 bits per heavy atom. The molecule has 4 aromatic rings. The number of aromatic nitrogens is 1. The van der Waals surface area contributed by atoms with E-state index in [1.54, 1.807) is 0 Å². The maximum absolute atomic E-state index is 11.4. The minimum Gasteiger partial charge on any atom is -0.481 e. The molecule has 33 heavy (non-hydrogen) atoms. The molecule has 0 aliphatic carbocycles. The van der Waals surface area contributed by atoms with E-state index in [1.165, 1.54) is 18.2 Å². The fraction of sp³-hybridized carbons (Fsp3) is 0.250. The number of carbonyl (C=O) groups excluding carboxylic acids is 1. The molecule has 0 amide bonds. The number of benzene rings is 3. The van der Waals surface area contributed by atoms with Gasteiger partial charge in [0.05, 0.1) is 19.2 Å². The molecule has 0 bridgehead atoms. The number of hydrogen-bond acceptors (Lipinski definition) is 4. The van der Waals surface area contributed by atoms with Crippen molar-refractivity contribution in [2.75, 3.05) is 26.9 Å². The number of hydrogen-bond donors (Lipinski definition) is 0. The van der Waals surface area contributed by atoms with Crippen LogP contribution in [0.15, 0.2) is 91.1 Å². The fourth-order valence-electron chi connectivity index (χ4n) is 4.07. The topological polar surface area (TPSA) is 49.7 Å². The first kappa shape index (κ1) is 22.6. The minimum absolute atomic E-state index is 0.103. The molecule has 0 spiro atoms. The number of esters is 1. The van der Waals surface area contributed by atoms with Crippen LogP contribution in [0.5, 0.6) is 5.75 Å². The van der Waals surface area contributed by atoms with Crippen LogP contribution in [0.4, 0.5) is 0 Å². The van der Waals surface area contributed by atoms with Crippen LogP contribution in [0.25, 0.3) is 10.9 Å². The van der Waals surface area contributed by atoms with Gasteiger partial charge in [-0.1, -0.05) is 66.7 Å². The minimum atomic E-state index is -0.399. The molecule has 0 saturated carbocycles. The number of ether oxygens (including phenoxy) is 3. The summed E-state index contributed by atoms with van der Waals surface area (Å²) in [6, 6.07) is 29.0. The average molecular weight is 444 g/mol. The SMILES string of the molecule is COC(=O)COc1cccc2c1ccn2CCOCCC(c1ccccc1)c1ccccc1. The van der Waals surface area contributed by atoms with Gasteiger partial charge in [-0.2, -0.15) is 0 Å². The molecule has 0 fully saturated rings. The van der Waals surface area contributed by atoms with Gasteiger partial charge < -0.3 is 18.8 Å². The van der Waals surface area contributed by atoms with Crippen LogP contribution in [0.1, 0.15) is 23.5 Å². The van der Waals surface area contributed by atoms with Crippen LogP contribution >= 0.6 is 0 Å². The first-order valence-corrected chi connectivity index (χ1v) is 11.2. The first-order valence-electron chi connectivity index (χ1n) is 11.2. The lowest BCUT2D eigenvalue weighted by molar-refractivity contribution is -0.142. The van der Waals surface area contributed by atoms with Gasteiger partial charge in [-0.3, -0.25) is 0 Å². The van der Waals surface area contributed by atoms with Crippen molar-refractivity contribution >= 4 is 16.9 Å². The molecule has 4 rings (SSSR count). The van der Waals surface area contributed by atoms with Crippen molar-refractivity contribution in [2.24, 2.45) is 0 Å². The Morgan fingerprint density at radius 2 is 1.55 bits per heavy atom. The Hall–Kier alpha value is -3.57. The van der Waals surface area contributed by atoms with Crippen molar-refractivity contribution in [2.45, 2.75) is 18.9 Å². The standard InChI is InChI=1S/C28H29NO4/c1-31-28(30)21-33-27-14-8-13-26-25(27)15-17-29(26)18-20-32-19-16-24(22-9-4-2-5-10-22)23-11-6-3-7-12-23/h2-15,17,24H,16,18-21H2,1H3. The maximum atomic E-state index is 11.4. The van der Waals surface area contributed by atoms with E-state index >= 15 is 0 Å². The van der Waals surface area contributed by atoms with E-state index < -0.39 is 5.97 Å². The van der Waals surface area contributed by atoms with Crippen molar-refractivity contribution < 1.29 is 19.0 Å². The normalized spacial score (nSPS) is 11.1. The van der Waals surface area contributed by atoms with Gasteiger partial charge in [0, 0.05) is 30.7 Å². The summed E-state index contributed by atoms with van der Waals surface area (Å²) in [5.74, 6) is 0.588. The predicted molar refractivity (Wildman–Crippen MR) is 130 cm³/mol. The lowest BCUT2D eigenvalue weighted by atomic mass is 9.89. The van der Waals surface area contributed by atoms with Crippen LogP contribution in [-0.2, 0) is 20.8 Å². The molecule has 0 aliphatic heterocycles. The van der Waals surface area contributed by atoms with E-state index in [-0.39, 0.29) is 6.61 Å². The third-order valence-corrected chi connectivity index (χ3v) is 5.78. The summed E-state index contributed by atoms with van der Waals surface area (Å²) in [5, 5.41) is 0.967. The lowest BCUT2D eigenvalue weighted by Gasteiger charge is -2.18. The predicted octanol–water partition coefficient (Wildman–Crippen LogP) is 5.43. The first-order chi connectivity index (χ1) is 16.3. The number of methoxy groups -OCH3 is 1. The van der Waals surface area contributed by atoms with Crippen LogP contribution < -0.4 is 4.74 Å². The molecule has 5 nitrogen and oxygen atoms in total. The van der Waals surface area contributed by atoms with Crippen molar-refractivity contribution in [3.05, 3.63) is 102 Å². The number of carbonyl (C=O) groups is 1. The van der Waals surface area contributed by atoms with Crippen LogP contribution in [-0.4, -0.2) is 37.5 Å². The summed E-state index contributed by atoms with van der Waals surface area (Å²) >= 11 is 0. The third kappa shape index (κ3) is 5.82. The zero-order valence-electron chi connectivity index (χ0n) is 18.9. The summed E-state index contributed by atoms with van der Waals surface area (Å²) < 4.78 is 18.5. The van der Waals surface area contributed by atoms with Crippen molar-refractivity contribution in [3.63, 3.8) is 0 Å². The molecule has 0 radical (unpaired) electrons. The summed E-state index contributed by atoms with van der Waals surface area (Å²) in [6.07, 6.45) is 2.95. The molecule has 0 N–H and O–H groups in total. The van der Waals surface area contributed by atoms with E-state index in [1.807, 2.05) is 30.5 Å². The van der Waals surface area contributed by atoms with Crippen molar-refractivity contribution in [3.8, 4) is 5.75 Å². The monoisotopic (exact) mass is 443 g/mol. The molecule has 3 aromatic carbocycles. The summed E-state index contributed by atoms with van der Waals surface area (Å²) in [7, 11) is 1.35. The molecule has 170 valence electrons. The molecule has 1 heterocycles. The summed E-state index contributed by atoms with van der Waals surface area (Å²) in [6.45, 7) is 1.94. The quantitative estimate of drug-likeness (QED) is 0.229. The molecule has 0 unspecified atom stereocenters. The molecule has 1 aromatic heterocycles. The maximum Gasteiger partial charge on any atom is 0.343 e. The van der Waals surface area contributed by atoms with Crippen molar-refractivity contribution in [1.82, 2.24) is 4.57 Å². The van der Waals surface area contributed by atoms with E-state index in [2.05, 4.69) is 70.0 Å². The van der Waals surface area contributed by atoms with Crippen molar-refractivity contribution in [1.29, 1.82) is 0 Å². The van der Waals surface area contributed by atoms with E-state index in [4.69, 9.17) is 9.47 Å². The molecule has 0 saturated heterocycles. The van der Waals surface area contributed by atoms with Gasteiger partial charge in [-0.05, 0) is 35.7 Å². The van der Waals surface area contributed by atoms with Gasteiger partial charge >= 0.3 is 5.97 Å². The highest BCUT2D eigenvalue weighted by Crippen LogP contribution is 2.28. The zero-order chi connectivity index (χ0) is 22.9. The van der Waals surface area contributed by atoms with Gasteiger partial charge in [-0.15, -0.1) is 0 Å². The van der Waals surface area contributed by atoms with E-state index in [0.717, 1.165) is 23.9 Å². The number of nitrogens with zero attached hydrogens (tertiary/aromatic N) is 1. The zero-order valence-corrected chi connectivity index (χ0v) is 18.9. The Labute approximate surface area is 194 Å². The van der Waals surface area contributed by atoms with Gasteiger partial charge in [0.15, 0.2) is 6.61 Å². The van der Waals surface area contributed by atoms with Crippen LogP contribution in [0.3, 0.4) is 0 Å². The highest BCUT2D eigenvalue weighted by Gasteiger charge is 2.14. The molecule has 5 heteroatoms. The molecular formula is C28H29NO4. The van der Waals surface area contributed by atoms with E-state index in [0.29, 0.717) is 24.9 Å². The Balaban J connectivity index is 1.33. The smallest absolute Gasteiger partial charge is 0.343 e. The van der Waals surface area contributed by atoms with Crippen LogP contribution in [0.2, 0.25) is 0 Å². The molecule has 0 aliphatic rings. The Morgan fingerprint density at radius 3 is 2.21 bits per heavy atom. The second kappa shape index (κ2) is 11.3. The highest BCUT2D eigenvalue weighted by molar-refractivity contribution is 5.86. The highest BCUT2D eigenvalue weighted by atomic mass is 16.6. The number of rotatable bonds is 11. The largest absolute Gasteiger partial charge is 0.481 e. The van der Waals surface area contributed by atoms with Crippen LogP contribution in [0, 0.1) is 0 Å².